The number of benzene rings is 1. The smallest absolute Gasteiger partial charge is 0.0489 e. The van der Waals surface area contributed by atoms with Gasteiger partial charge in [0.25, 0.3) is 0 Å². The molecule has 18 heavy (non-hydrogen) atoms. The number of H-pyrrole nitrogens is 1. The summed E-state index contributed by atoms with van der Waals surface area (Å²) in [6, 6.07) is 6.62. The fourth-order valence-corrected chi connectivity index (χ4v) is 3.11. The van der Waals surface area contributed by atoms with Crippen LogP contribution in [0.3, 0.4) is 0 Å². The molecule has 2 nitrogen and oxygen atoms in total. The number of aromatic amines is 1. The Labute approximate surface area is 109 Å². The van der Waals surface area contributed by atoms with E-state index >= 15 is 0 Å². The van der Waals surface area contributed by atoms with Crippen LogP contribution in [0.25, 0.3) is 10.9 Å². The lowest BCUT2D eigenvalue weighted by Crippen LogP contribution is -2.33. The highest BCUT2D eigenvalue weighted by Crippen LogP contribution is 2.29. The van der Waals surface area contributed by atoms with Gasteiger partial charge in [-0.2, -0.15) is 0 Å². The van der Waals surface area contributed by atoms with Crippen molar-refractivity contribution in [3.05, 3.63) is 35.0 Å². The lowest BCUT2D eigenvalue weighted by Gasteiger charge is -2.28. The van der Waals surface area contributed by atoms with Crippen molar-refractivity contribution in [2.45, 2.75) is 33.7 Å². The molecule has 0 spiro atoms. The molecule has 96 valence electrons. The van der Waals surface area contributed by atoms with Gasteiger partial charge in [-0.25, -0.2) is 0 Å². The Kier molecular flexibility index (Phi) is 2.90. The molecule has 1 N–H and O–H groups in total. The number of aromatic nitrogens is 1. The van der Waals surface area contributed by atoms with Crippen molar-refractivity contribution in [2.24, 2.45) is 5.92 Å². The molecule has 0 atom stereocenters. The third kappa shape index (κ3) is 1.95. The lowest BCUT2D eigenvalue weighted by molar-refractivity contribution is 0.226. The molecule has 1 aromatic heterocycles. The quantitative estimate of drug-likeness (QED) is 0.854. The van der Waals surface area contributed by atoms with E-state index in [4.69, 9.17) is 0 Å². The molecule has 1 aromatic carbocycles. The van der Waals surface area contributed by atoms with Gasteiger partial charge < -0.3 is 4.98 Å². The van der Waals surface area contributed by atoms with Crippen molar-refractivity contribution in [1.29, 1.82) is 0 Å². The second kappa shape index (κ2) is 4.43. The Morgan fingerprint density at radius 2 is 2.17 bits per heavy atom. The van der Waals surface area contributed by atoms with Crippen LogP contribution in [0.2, 0.25) is 0 Å². The van der Waals surface area contributed by atoms with Crippen LogP contribution >= 0.6 is 0 Å². The summed E-state index contributed by atoms with van der Waals surface area (Å²) in [7, 11) is 0. The summed E-state index contributed by atoms with van der Waals surface area (Å²) in [5.41, 5.74) is 5.69. The van der Waals surface area contributed by atoms with Gasteiger partial charge in [0.2, 0.25) is 0 Å². The highest BCUT2D eigenvalue weighted by Gasteiger charge is 2.21. The average Bonchev–Trinajstić information content (AvgIpc) is 2.68. The summed E-state index contributed by atoms with van der Waals surface area (Å²) in [5, 5.41) is 1.43. The molecular weight excluding hydrogens is 220 g/mol. The maximum atomic E-state index is 3.63. The average molecular weight is 242 g/mol. The van der Waals surface area contributed by atoms with Crippen LogP contribution in [0.15, 0.2) is 18.2 Å². The zero-order chi connectivity index (χ0) is 12.7. The minimum Gasteiger partial charge on any atom is -0.358 e. The number of nitrogens with zero attached hydrogens (tertiary/aromatic N) is 1. The topological polar surface area (TPSA) is 19.0 Å². The molecule has 3 rings (SSSR count). The summed E-state index contributed by atoms with van der Waals surface area (Å²) in [6.07, 6.45) is 1.16. The first kappa shape index (κ1) is 11.8. The minimum atomic E-state index is 0.749. The number of rotatable bonds is 2. The van der Waals surface area contributed by atoms with E-state index in [0.717, 1.165) is 18.9 Å². The molecule has 1 aliphatic rings. The van der Waals surface area contributed by atoms with E-state index in [1.165, 1.54) is 40.8 Å². The predicted octanol–water partition coefficient (Wildman–Crippen LogP) is 3.49. The highest BCUT2D eigenvalue weighted by molar-refractivity contribution is 5.87. The van der Waals surface area contributed by atoms with Gasteiger partial charge in [0.1, 0.15) is 0 Å². The Hall–Kier alpha value is -1.28. The summed E-state index contributed by atoms with van der Waals surface area (Å²) < 4.78 is 0. The Balaban J connectivity index is 1.99. The fourth-order valence-electron chi connectivity index (χ4n) is 3.11. The van der Waals surface area contributed by atoms with E-state index in [9.17, 15) is 0 Å². The summed E-state index contributed by atoms with van der Waals surface area (Å²) in [6.45, 7) is 10.3. The maximum Gasteiger partial charge on any atom is 0.0489 e. The summed E-state index contributed by atoms with van der Waals surface area (Å²) in [4.78, 5) is 6.22. The van der Waals surface area contributed by atoms with E-state index in [2.05, 4.69) is 48.9 Å². The van der Waals surface area contributed by atoms with Gasteiger partial charge in [-0.05, 0) is 24.0 Å². The molecule has 2 heteroatoms. The number of para-hydroxylation sites is 1. The van der Waals surface area contributed by atoms with Crippen LogP contribution in [0.1, 0.15) is 30.7 Å². The van der Waals surface area contributed by atoms with Crippen LogP contribution in [0.4, 0.5) is 0 Å². The van der Waals surface area contributed by atoms with E-state index < -0.39 is 0 Å². The van der Waals surface area contributed by atoms with Crippen LogP contribution in [0.5, 0.6) is 0 Å². The largest absolute Gasteiger partial charge is 0.358 e. The molecule has 0 aliphatic carbocycles. The molecule has 0 fully saturated rings. The van der Waals surface area contributed by atoms with Crippen molar-refractivity contribution in [3.63, 3.8) is 0 Å². The lowest BCUT2D eigenvalue weighted by atomic mass is 10.0. The van der Waals surface area contributed by atoms with Crippen molar-refractivity contribution in [1.82, 2.24) is 9.88 Å². The molecule has 0 unspecified atom stereocenters. The molecule has 1 aliphatic heterocycles. The van der Waals surface area contributed by atoms with Crippen LogP contribution in [0, 0.1) is 12.8 Å². The third-order valence-corrected chi connectivity index (χ3v) is 3.92. The number of fused-ring (bicyclic) bond motifs is 3. The minimum absolute atomic E-state index is 0.749. The molecular formula is C16H22N2. The molecule has 0 saturated carbocycles. The highest BCUT2D eigenvalue weighted by atomic mass is 15.1. The van der Waals surface area contributed by atoms with Gasteiger partial charge in [-0.3, -0.25) is 4.90 Å². The normalized spacial score (nSPS) is 16.4. The summed E-state index contributed by atoms with van der Waals surface area (Å²) in [5.74, 6) is 0.749. The monoisotopic (exact) mass is 242 g/mol. The zero-order valence-electron chi connectivity index (χ0n) is 11.6. The van der Waals surface area contributed by atoms with Gasteiger partial charge in [0.15, 0.2) is 0 Å². The van der Waals surface area contributed by atoms with Gasteiger partial charge >= 0.3 is 0 Å². The first-order chi connectivity index (χ1) is 8.65. The second-order valence-corrected chi connectivity index (χ2v) is 5.96. The first-order valence-electron chi connectivity index (χ1n) is 6.96. The number of hydrogen-bond acceptors (Lipinski definition) is 1. The molecule has 2 heterocycles. The Morgan fingerprint density at radius 3 is 2.94 bits per heavy atom. The SMILES string of the molecule is Cc1cccc2c3c([nH]c12)CCN(CC(C)C)C3. The number of hydrogen-bond donors (Lipinski definition) is 1. The van der Waals surface area contributed by atoms with E-state index in [1.54, 1.807) is 0 Å². The predicted molar refractivity (Wildman–Crippen MR) is 76.9 cm³/mol. The van der Waals surface area contributed by atoms with E-state index in [0.29, 0.717) is 0 Å². The third-order valence-electron chi connectivity index (χ3n) is 3.92. The van der Waals surface area contributed by atoms with E-state index in [-0.39, 0.29) is 0 Å². The van der Waals surface area contributed by atoms with Crippen molar-refractivity contribution < 1.29 is 0 Å². The van der Waals surface area contributed by atoms with E-state index in [1.807, 2.05) is 0 Å². The van der Waals surface area contributed by atoms with Crippen LogP contribution in [-0.4, -0.2) is 23.0 Å². The fraction of sp³-hybridized carbons (Fsp3) is 0.500. The van der Waals surface area contributed by atoms with Gasteiger partial charge in [-0.15, -0.1) is 0 Å². The zero-order valence-corrected chi connectivity index (χ0v) is 11.6. The second-order valence-electron chi connectivity index (χ2n) is 5.96. The van der Waals surface area contributed by atoms with Crippen molar-refractivity contribution >= 4 is 10.9 Å². The Bertz CT molecular complexity index is 566. The summed E-state index contributed by atoms with van der Waals surface area (Å²) >= 11 is 0. The van der Waals surface area contributed by atoms with Crippen LogP contribution < -0.4 is 0 Å². The van der Waals surface area contributed by atoms with Crippen molar-refractivity contribution in [2.75, 3.05) is 13.1 Å². The molecule has 0 radical (unpaired) electrons. The van der Waals surface area contributed by atoms with Gasteiger partial charge in [-0.1, -0.05) is 32.0 Å². The van der Waals surface area contributed by atoms with Crippen molar-refractivity contribution in [3.8, 4) is 0 Å². The number of aryl methyl sites for hydroxylation is 1. The molecule has 0 saturated heterocycles. The van der Waals surface area contributed by atoms with Crippen LogP contribution in [-0.2, 0) is 13.0 Å². The molecule has 0 amide bonds. The Morgan fingerprint density at radius 1 is 1.33 bits per heavy atom. The standard InChI is InChI=1S/C16H22N2/c1-11(2)9-18-8-7-15-14(10-18)13-6-4-5-12(3)16(13)17-15/h4-6,11,17H,7-10H2,1-3H3. The first-order valence-corrected chi connectivity index (χ1v) is 6.96. The maximum absolute atomic E-state index is 3.63. The van der Waals surface area contributed by atoms with Gasteiger partial charge in [0, 0.05) is 42.7 Å². The number of nitrogens with one attached hydrogen (secondary N) is 1. The van der Waals surface area contributed by atoms with Gasteiger partial charge in [0.05, 0.1) is 0 Å². The molecule has 0 bridgehead atoms. The molecule has 2 aromatic rings.